The molecule has 3 nitrogen and oxygen atoms in total. The van der Waals surface area contributed by atoms with Crippen LogP contribution >= 0.6 is 0 Å². The minimum atomic E-state index is 0.799. The SMILES string of the molecule is CC.CC.CC.COc1cc(C)nnc1C. The predicted molar refractivity (Wildman–Crippen MR) is 72.1 cm³/mol. The Morgan fingerprint density at radius 2 is 1.31 bits per heavy atom. The van der Waals surface area contributed by atoms with Gasteiger partial charge in [0.1, 0.15) is 11.4 Å². The number of nitrogens with zero attached hydrogens (tertiary/aromatic N) is 2. The Hall–Kier alpha value is -1.12. The minimum Gasteiger partial charge on any atom is -0.495 e. The maximum absolute atomic E-state index is 5.02. The Bertz CT molecular complexity index is 237. The van der Waals surface area contributed by atoms with Crippen LogP contribution in [-0.2, 0) is 0 Å². The van der Waals surface area contributed by atoms with E-state index in [-0.39, 0.29) is 0 Å². The largest absolute Gasteiger partial charge is 0.495 e. The van der Waals surface area contributed by atoms with Gasteiger partial charge in [0.25, 0.3) is 0 Å². The van der Waals surface area contributed by atoms with Crippen LogP contribution in [0.3, 0.4) is 0 Å². The van der Waals surface area contributed by atoms with Crippen molar-refractivity contribution in [2.24, 2.45) is 0 Å². The van der Waals surface area contributed by atoms with Gasteiger partial charge >= 0.3 is 0 Å². The van der Waals surface area contributed by atoms with E-state index < -0.39 is 0 Å². The van der Waals surface area contributed by atoms with Gasteiger partial charge < -0.3 is 4.74 Å². The Morgan fingerprint density at radius 1 is 0.875 bits per heavy atom. The van der Waals surface area contributed by atoms with Gasteiger partial charge in [0.05, 0.1) is 12.8 Å². The van der Waals surface area contributed by atoms with Crippen molar-refractivity contribution >= 4 is 0 Å². The topological polar surface area (TPSA) is 35.0 Å². The highest BCUT2D eigenvalue weighted by atomic mass is 16.5. The molecule has 0 fully saturated rings. The lowest BCUT2D eigenvalue weighted by molar-refractivity contribution is 0.407. The molecule has 1 rings (SSSR count). The fourth-order valence-corrected chi connectivity index (χ4v) is 0.733. The van der Waals surface area contributed by atoms with Crippen molar-refractivity contribution in [3.8, 4) is 5.75 Å². The molecule has 0 saturated carbocycles. The van der Waals surface area contributed by atoms with E-state index in [0.717, 1.165) is 17.1 Å². The quantitative estimate of drug-likeness (QED) is 0.723. The Kier molecular flexibility index (Phi) is 20.7. The summed E-state index contributed by atoms with van der Waals surface area (Å²) in [4.78, 5) is 0. The first kappa shape index (κ1) is 20.3. The highest BCUT2D eigenvalue weighted by Crippen LogP contribution is 2.13. The molecule has 0 N–H and O–H groups in total. The molecule has 0 atom stereocenters. The number of aryl methyl sites for hydroxylation is 2. The second-order valence-corrected chi connectivity index (χ2v) is 2.14. The van der Waals surface area contributed by atoms with Crippen LogP contribution in [0.25, 0.3) is 0 Å². The normalized spacial score (nSPS) is 7.06. The molecule has 0 spiro atoms. The summed E-state index contributed by atoms with van der Waals surface area (Å²) >= 11 is 0. The van der Waals surface area contributed by atoms with Crippen molar-refractivity contribution in [2.45, 2.75) is 55.4 Å². The third kappa shape index (κ3) is 9.44. The molecule has 1 aromatic rings. The predicted octanol–water partition coefficient (Wildman–Crippen LogP) is 4.18. The third-order valence-corrected chi connectivity index (χ3v) is 1.27. The summed E-state index contributed by atoms with van der Waals surface area (Å²) in [6, 6.07) is 1.86. The molecular formula is C13H28N2O. The van der Waals surface area contributed by atoms with Gasteiger partial charge in [0.2, 0.25) is 0 Å². The zero-order chi connectivity index (χ0) is 13.6. The first-order chi connectivity index (χ1) is 7.74. The van der Waals surface area contributed by atoms with Crippen LogP contribution in [0.1, 0.15) is 52.9 Å². The number of methoxy groups -OCH3 is 1. The average Bonchev–Trinajstić information content (AvgIpc) is 2.39. The van der Waals surface area contributed by atoms with Crippen LogP contribution in [0.5, 0.6) is 5.75 Å². The number of ether oxygens (including phenoxy) is 1. The van der Waals surface area contributed by atoms with Crippen LogP contribution in [0.4, 0.5) is 0 Å². The van der Waals surface area contributed by atoms with E-state index in [9.17, 15) is 0 Å². The molecule has 0 aliphatic heterocycles. The van der Waals surface area contributed by atoms with Crippen LogP contribution in [-0.4, -0.2) is 17.3 Å². The summed E-state index contributed by atoms with van der Waals surface area (Å²) in [6.07, 6.45) is 0. The minimum absolute atomic E-state index is 0.799. The molecule has 1 aromatic heterocycles. The first-order valence-corrected chi connectivity index (χ1v) is 6.09. The second kappa shape index (κ2) is 16.3. The van der Waals surface area contributed by atoms with Gasteiger partial charge in [-0.05, 0) is 13.8 Å². The van der Waals surface area contributed by atoms with Gasteiger partial charge in [-0.15, -0.1) is 0 Å². The average molecular weight is 228 g/mol. The van der Waals surface area contributed by atoms with Crippen molar-refractivity contribution in [1.82, 2.24) is 10.2 Å². The lowest BCUT2D eigenvalue weighted by atomic mass is 10.3. The smallest absolute Gasteiger partial charge is 0.143 e. The van der Waals surface area contributed by atoms with Crippen molar-refractivity contribution in [3.63, 3.8) is 0 Å². The van der Waals surface area contributed by atoms with Crippen LogP contribution in [0.15, 0.2) is 6.07 Å². The van der Waals surface area contributed by atoms with Gasteiger partial charge in [-0.2, -0.15) is 10.2 Å². The summed E-state index contributed by atoms with van der Waals surface area (Å²) < 4.78 is 5.02. The first-order valence-electron chi connectivity index (χ1n) is 6.09. The molecule has 0 unspecified atom stereocenters. The standard InChI is InChI=1S/C7H10N2O.3C2H6/c1-5-4-7(10-3)6(2)9-8-5;3*1-2/h4H,1-3H3;3*1-2H3. The van der Waals surface area contributed by atoms with Crippen LogP contribution in [0.2, 0.25) is 0 Å². The summed E-state index contributed by atoms with van der Waals surface area (Å²) in [5.74, 6) is 0.799. The molecule has 0 aliphatic carbocycles. The number of rotatable bonds is 1. The summed E-state index contributed by atoms with van der Waals surface area (Å²) in [5, 5.41) is 7.73. The van der Waals surface area contributed by atoms with E-state index in [1.54, 1.807) is 7.11 Å². The summed E-state index contributed by atoms with van der Waals surface area (Å²) in [7, 11) is 1.63. The number of aromatic nitrogens is 2. The van der Waals surface area contributed by atoms with E-state index in [0.29, 0.717) is 0 Å². The zero-order valence-electron chi connectivity index (χ0n) is 12.4. The molecule has 96 valence electrons. The third-order valence-electron chi connectivity index (χ3n) is 1.27. The monoisotopic (exact) mass is 228 g/mol. The summed E-state index contributed by atoms with van der Waals surface area (Å²) in [5.41, 5.74) is 1.70. The van der Waals surface area contributed by atoms with Crippen molar-refractivity contribution < 1.29 is 4.74 Å². The van der Waals surface area contributed by atoms with E-state index in [4.69, 9.17) is 4.74 Å². The molecule has 1 heterocycles. The van der Waals surface area contributed by atoms with E-state index in [1.165, 1.54) is 0 Å². The molecule has 16 heavy (non-hydrogen) atoms. The van der Waals surface area contributed by atoms with Gasteiger partial charge in [-0.25, -0.2) is 0 Å². The van der Waals surface area contributed by atoms with E-state index >= 15 is 0 Å². The zero-order valence-corrected chi connectivity index (χ0v) is 12.4. The highest BCUT2D eigenvalue weighted by Gasteiger charge is 1.98. The van der Waals surface area contributed by atoms with Crippen LogP contribution in [0, 0.1) is 13.8 Å². The molecule has 0 radical (unpaired) electrons. The number of hydrogen-bond acceptors (Lipinski definition) is 3. The summed E-state index contributed by atoms with van der Waals surface area (Å²) in [6.45, 7) is 15.8. The van der Waals surface area contributed by atoms with Crippen molar-refractivity contribution in [3.05, 3.63) is 17.5 Å². The molecular weight excluding hydrogens is 200 g/mol. The molecule has 0 amide bonds. The molecule has 0 saturated heterocycles. The maximum Gasteiger partial charge on any atom is 0.143 e. The van der Waals surface area contributed by atoms with Gasteiger partial charge in [0.15, 0.2) is 0 Å². The van der Waals surface area contributed by atoms with Crippen molar-refractivity contribution in [1.29, 1.82) is 0 Å². The van der Waals surface area contributed by atoms with E-state index in [2.05, 4.69) is 10.2 Å². The van der Waals surface area contributed by atoms with Crippen molar-refractivity contribution in [2.75, 3.05) is 7.11 Å². The number of hydrogen-bond donors (Lipinski definition) is 0. The highest BCUT2D eigenvalue weighted by molar-refractivity contribution is 5.26. The van der Waals surface area contributed by atoms with Crippen LogP contribution < -0.4 is 4.74 Å². The second-order valence-electron chi connectivity index (χ2n) is 2.14. The van der Waals surface area contributed by atoms with Gasteiger partial charge in [-0.1, -0.05) is 41.5 Å². The Balaban J connectivity index is -0.000000245. The Labute approximate surface area is 101 Å². The molecule has 0 aromatic carbocycles. The van der Waals surface area contributed by atoms with Gasteiger partial charge in [0, 0.05) is 6.07 Å². The molecule has 0 bridgehead atoms. The molecule has 3 heteroatoms. The Morgan fingerprint density at radius 3 is 1.62 bits per heavy atom. The molecule has 0 aliphatic rings. The lowest BCUT2D eigenvalue weighted by Crippen LogP contribution is -1.94. The lowest BCUT2D eigenvalue weighted by Gasteiger charge is -2.01. The maximum atomic E-state index is 5.02. The fraction of sp³-hybridized carbons (Fsp3) is 0.692. The van der Waals surface area contributed by atoms with Gasteiger partial charge in [-0.3, -0.25) is 0 Å². The van der Waals surface area contributed by atoms with E-state index in [1.807, 2.05) is 61.5 Å². The fourth-order valence-electron chi connectivity index (χ4n) is 0.733.